The number of rotatable bonds is 1. The van der Waals surface area contributed by atoms with Crippen LogP contribution >= 0.6 is 0 Å². The van der Waals surface area contributed by atoms with E-state index in [-0.39, 0.29) is 25.9 Å². The van der Waals surface area contributed by atoms with Crippen molar-refractivity contribution in [3.63, 3.8) is 0 Å². The predicted octanol–water partition coefficient (Wildman–Crippen LogP) is 4.99. The van der Waals surface area contributed by atoms with Crippen molar-refractivity contribution in [2.75, 3.05) is 0 Å². The fraction of sp³-hybridized carbons (Fsp3) is 0. The van der Waals surface area contributed by atoms with E-state index in [4.69, 9.17) is 0 Å². The molecule has 0 atom stereocenters. The fourth-order valence-corrected chi connectivity index (χ4v) is 2.61. The molecule has 4 aromatic rings. The van der Waals surface area contributed by atoms with Crippen LogP contribution in [-0.4, -0.2) is 4.98 Å². The molecule has 3 aromatic carbocycles. The van der Waals surface area contributed by atoms with E-state index in [2.05, 4.69) is 35.3 Å². The molecule has 0 fully saturated rings. The molecule has 109 valence electrons. The van der Waals surface area contributed by atoms with Crippen LogP contribution < -0.4 is 0 Å². The Morgan fingerprint density at radius 1 is 0.864 bits per heavy atom. The molecule has 0 aliphatic carbocycles. The van der Waals surface area contributed by atoms with Crippen LogP contribution in [0.25, 0.3) is 32.8 Å². The zero-order valence-corrected chi connectivity index (χ0v) is 13.9. The summed E-state index contributed by atoms with van der Waals surface area (Å²) in [6.07, 6.45) is 1.86. The Bertz CT molecular complexity index is 948. The molecule has 1 radical (unpaired) electrons. The molecule has 0 N–H and O–H groups in total. The molecule has 22 heavy (non-hydrogen) atoms. The van der Waals surface area contributed by atoms with Crippen molar-refractivity contribution in [2.24, 2.45) is 0 Å². The molecule has 0 saturated heterocycles. The van der Waals surface area contributed by atoms with Gasteiger partial charge in [-0.3, -0.25) is 4.39 Å². The average Bonchev–Trinajstić information content (AvgIpc) is 2.55. The molecule has 3 heteroatoms. The molecule has 0 aliphatic rings. The summed E-state index contributed by atoms with van der Waals surface area (Å²) in [4.78, 5) is 4.46. The van der Waals surface area contributed by atoms with Crippen molar-refractivity contribution in [2.45, 2.75) is 0 Å². The second-order valence-electron chi connectivity index (χ2n) is 5.00. The maximum atomic E-state index is 13.0. The van der Waals surface area contributed by atoms with Gasteiger partial charge < -0.3 is 4.98 Å². The molecule has 0 amide bonds. The number of hydrogen-bond donors (Lipinski definition) is 0. The summed E-state index contributed by atoms with van der Waals surface area (Å²) in [5, 5.41) is 4.64. The SMILES string of the molecule is Fc1c[c-]c(-c2cc3c(ccc4ccccc43)cn2)cc1.[Ir]. The van der Waals surface area contributed by atoms with Gasteiger partial charge in [0.15, 0.2) is 0 Å². The molecule has 1 heterocycles. The van der Waals surface area contributed by atoms with E-state index in [0.29, 0.717) is 0 Å². The van der Waals surface area contributed by atoms with Gasteiger partial charge in [-0.25, -0.2) is 0 Å². The van der Waals surface area contributed by atoms with Crippen molar-refractivity contribution in [1.29, 1.82) is 0 Å². The number of fused-ring (bicyclic) bond motifs is 3. The van der Waals surface area contributed by atoms with Gasteiger partial charge in [0.05, 0.1) is 0 Å². The van der Waals surface area contributed by atoms with Crippen LogP contribution in [0.1, 0.15) is 0 Å². The third kappa shape index (κ3) is 2.54. The van der Waals surface area contributed by atoms with Crippen molar-refractivity contribution < 1.29 is 24.5 Å². The first-order chi connectivity index (χ1) is 10.3. The van der Waals surface area contributed by atoms with Gasteiger partial charge >= 0.3 is 0 Å². The summed E-state index contributed by atoms with van der Waals surface area (Å²) in [6.45, 7) is 0. The Labute approximate surface area is 141 Å². The topological polar surface area (TPSA) is 12.9 Å². The minimum absolute atomic E-state index is 0. The third-order valence-electron chi connectivity index (χ3n) is 3.68. The fourth-order valence-electron chi connectivity index (χ4n) is 2.61. The van der Waals surface area contributed by atoms with Crippen molar-refractivity contribution in [3.05, 3.63) is 78.7 Å². The van der Waals surface area contributed by atoms with Gasteiger partial charge in [-0.2, -0.15) is 0 Å². The van der Waals surface area contributed by atoms with Gasteiger partial charge in [0, 0.05) is 32.1 Å². The Kier molecular flexibility index (Phi) is 4.02. The van der Waals surface area contributed by atoms with Gasteiger partial charge in [-0.15, -0.1) is 29.8 Å². The average molecular weight is 465 g/mol. The maximum absolute atomic E-state index is 13.0. The van der Waals surface area contributed by atoms with Crippen LogP contribution in [-0.2, 0) is 20.1 Å². The van der Waals surface area contributed by atoms with E-state index in [1.54, 1.807) is 6.07 Å². The Balaban J connectivity index is 0.00000144. The minimum atomic E-state index is -0.287. The van der Waals surface area contributed by atoms with Crippen molar-refractivity contribution >= 4 is 21.5 Å². The molecular weight excluding hydrogens is 453 g/mol. The summed E-state index contributed by atoms with van der Waals surface area (Å²) >= 11 is 0. The van der Waals surface area contributed by atoms with Crippen molar-refractivity contribution in [1.82, 2.24) is 4.98 Å². The normalized spacial score (nSPS) is 10.6. The largest absolute Gasteiger partial charge is 0.304 e. The minimum Gasteiger partial charge on any atom is -0.304 e. The van der Waals surface area contributed by atoms with Gasteiger partial charge in [0.2, 0.25) is 0 Å². The number of hydrogen-bond acceptors (Lipinski definition) is 1. The van der Waals surface area contributed by atoms with Gasteiger partial charge in [-0.1, -0.05) is 42.5 Å². The predicted molar refractivity (Wildman–Crippen MR) is 83.5 cm³/mol. The van der Waals surface area contributed by atoms with Crippen LogP contribution in [0, 0.1) is 11.9 Å². The van der Waals surface area contributed by atoms with E-state index in [0.717, 1.165) is 22.0 Å². The number of benzene rings is 3. The Morgan fingerprint density at radius 3 is 2.50 bits per heavy atom. The smallest absolute Gasteiger partial charge is 0.0379 e. The van der Waals surface area contributed by atoms with Crippen molar-refractivity contribution in [3.8, 4) is 11.3 Å². The summed E-state index contributed by atoms with van der Waals surface area (Å²) in [6, 6.07) is 21.9. The first-order valence-electron chi connectivity index (χ1n) is 6.76. The maximum Gasteiger partial charge on any atom is 0.0379 e. The molecule has 0 bridgehead atoms. The second kappa shape index (κ2) is 5.96. The molecule has 1 aromatic heterocycles. The van der Waals surface area contributed by atoms with E-state index in [1.807, 2.05) is 24.4 Å². The molecule has 0 spiro atoms. The van der Waals surface area contributed by atoms with Crippen LogP contribution in [0.5, 0.6) is 0 Å². The molecule has 0 saturated carbocycles. The van der Waals surface area contributed by atoms with Gasteiger partial charge in [0.1, 0.15) is 0 Å². The summed E-state index contributed by atoms with van der Waals surface area (Å²) < 4.78 is 13.0. The summed E-state index contributed by atoms with van der Waals surface area (Å²) in [5.74, 6) is -0.287. The summed E-state index contributed by atoms with van der Waals surface area (Å²) in [7, 11) is 0. The first-order valence-corrected chi connectivity index (χ1v) is 6.76. The van der Waals surface area contributed by atoms with E-state index in [1.165, 1.54) is 22.9 Å². The van der Waals surface area contributed by atoms with Gasteiger partial charge in [-0.05, 0) is 27.2 Å². The summed E-state index contributed by atoms with van der Waals surface area (Å²) in [5.41, 5.74) is 1.60. The number of pyridine rings is 1. The second-order valence-corrected chi connectivity index (χ2v) is 5.00. The van der Waals surface area contributed by atoms with E-state index >= 15 is 0 Å². The van der Waals surface area contributed by atoms with Crippen LogP contribution in [0.3, 0.4) is 0 Å². The molecule has 0 unspecified atom stereocenters. The zero-order chi connectivity index (χ0) is 14.2. The van der Waals surface area contributed by atoms with Crippen LogP contribution in [0.4, 0.5) is 4.39 Å². The molecule has 1 nitrogen and oxygen atoms in total. The zero-order valence-electron chi connectivity index (χ0n) is 11.5. The van der Waals surface area contributed by atoms with E-state index < -0.39 is 0 Å². The van der Waals surface area contributed by atoms with E-state index in [9.17, 15) is 4.39 Å². The number of nitrogens with zero attached hydrogens (tertiary/aromatic N) is 1. The quantitative estimate of drug-likeness (QED) is 0.286. The molecular formula is C19H11FIrN-. The number of halogens is 1. The Morgan fingerprint density at radius 2 is 1.68 bits per heavy atom. The monoisotopic (exact) mass is 465 g/mol. The molecule has 0 aliphatic heterocycles. The Hall–Kier alpha value is -2.09. The first kappa shape index (κ1) is 14.8. The molecule has 4 rings (SSSR count). The third-order valence-corrected chi connectivity index (χ3v) is 3.68. The van der Waals surface area contributed by atoms with Crippen LogP contribution in [0.2, 0.25) is 0 Å². The standard InChI is InChI=1S/C19H11FN.Ir/c20-16-9-7-14(8-10-16)19-11-18-15(12-21-19)6-5-13-3-1-2-4-17(13)18;/h1-7,9-12H;/q-1;. The number of aromatic nitrogens is 1. The van der Waals surface area contributed by atoms with Gasteiger partial charge in [0.25, 0.3) is 0 Å². The van der Waals surface area contributed by atoms with Crippen LogP contribution in [0.15, 0.2) is 66.9 Å².